The third kappa shape index (κ3) is 3.85. The fourth-order valence-electron chi connectivity index (χ4n) is 2.52. The van der Waals surface area contributed by atoms with Crippen molar-refractivity contribution in [1.29, 1.82) is 0 Å². The Hall–Kier alpha value is -3.29. The van der Waals surface area contributed by atoms with E-state index in [2.05, 4.69) is 5.32 Å². The van der Waals surface area contributed by atoms with Gasteiger partial charge in [-0.1, -0.05) is 6.07 Å². The van der Waals surface area contributed by atoms with Crippen LogP contribution in [0.4, 0.5) is 18.9 Å². The van der Waals surface area contributed by atoms with Crippen LogP contribution in [-0.4, -0.2) is 11.0 Å². The number of phenolic OH excluding ortho intramolecular Hbond substituents is 1. The van der Waals surface area contributed by atoms with Gasteiger partial charge in [0.1, 0.15) is 11.3 Å². The van der Waals surface area contributed by atoms with Gasteiger partial charge in [-0.2, -0.15) is 13.2 Å². The quantitative estimate of drug-likeness (QED) is 0.696. The summed E-state index contributed by atoms with van der Waals surface area (Å²) < 4.78 is 43.1. The smallest absolute Gasteiger partial charge is 0.416 e. The van der Waals surface area contributed by atoms with Crippen molar-refractivity contribution in [2.24, 2.45) is 0 Å². The molecule has 0 aliphatic rings. The number of halogens is 3. The topological polar surface area (TPSA) is 79.5 Å². The minimum Gasteiger partial charge on any atom is -0.508 e. The van der Waals surface area contributed by atoms with Gasteiger partial charge in [0.15, 0.2) is 0 Å². The zero-order chi connectivity index (χ0) is 18.9. The number of hydrogen-bond acceptors (Lipinski definition) is 4. The molecule has 1 aromatic heterocycles. The SMILES string of the molecule is O=C(Cc1cc(=O)oc2cc(O)ccc12)Nc1cccc(C(F)(F)F)c1. The molecule has 134 valence electrons. The van der Waals surface area contributed by atoms with E-state index in [0.717, 1.165) is 18.2 Å². The maximum Gasteiger partial charge on any atom is 0.416 e. The lowest BCUT2D eigenvalue weighted by atomic mass is 10.1. The molecule has 5 nitrogen and oxygen atoms in total. The zero-order valence-corrected chi connectivity index (χ0v) is 13.1. The van der Waals surface area contributed by atoms with Gasteiger partial charge in [0, 0.05) is 23.2 Å². The number of rotatable bonds is 3. The van der Waals surface area contributed by atoms with Gasteiger partial charge in [-0.25, -0.2) is 4.79 Å². The van der Waals surface area contributed by atoms with Crippen molar-refractivity contribution in [3.8, 4) is 5.75 Å². The number of alkyl halides is 3. The Morgan fingerprint density at radius 2 is 1.88 bits per heavy atom. The van der Waals surface area contributed by atoms with Crippen LogP contribution in [0.3, 0.4) is 0 Å². The van der Waals surface area contributed by atoms with Gasteiger partial charge in [-0.3, -0.25) is 4.79 Å². The number of carbonyl (C=O) groups excluding carboxylic acids is 1. The number of amides is 1. The van der Waals surface area contributed by atoms with Crippen molar-refractivity contribution >= 4 is 22.6 Å². The Morgan fingerprint density at radius 1 is 1.12 bits per heavy atom. The monoisotopic (exact) mass is 363 g/mol. The second-order valence-corrected chi connectivity index (χ2v) is 5.57. The summed E-state index contributed by atoms with van der Waals surface area (Å²) in [5, 5.41) is 12.3. The molecule has 1 amide bonds. The van der Waals surface area contributed by atoms with Crippen molar-refractivity contribution in [3.05, 3.63) is 70.1 Å². The minimum absolute atomic E-state index is 0.00487. The van der Waals surface area contributed by atoms with Gasteiger partial charge in [0.25, 0.3) is 0 Å². The predicted molar refractivity (Wildman–Crippen MR) is 87.9 cm³/mol. The van der Waals surface area contributed by atoms with Gasteiger partial charge in [0.2, 0.25) is 5.91 Å². The highest BCUT2D eigenvalue weighted by molar-refractivity contribution is 5.95. The number of benzene rings is 2. The second kappa shape index (κ2) is 6.55. The van der Waals surface area contributed by atoms with Crippen molar-refractivity contribution in [2.75, 3.05) is 5.32 Å². The number of hydrogen-bond donors (Lipinski definition) is 2. The summed E-state index contributed by atoms with van der Waals surface area (Å²) >= 11 is 0. The van der Waals surface area contributed by atoms with E-state index in [1.54, 1.807) is 0 Å². The van der Waals surface area contributed by atoms with E-state index in [0.29, 0.717) is 10.9 Å². The molecule has 1 heterocycles. The lowest BCUT2D eigenvalue weighted by molar-refractivity contribution is -0.137. The van der Waals surface area contributed by atoms with Crippen LogP contribution in [0, 0.1) is 0 Å². The van der Waals surface area contributed by atoms with E-state index < -0.39 is 23.3 Å². The molecule has 2 N–H and O–H groups in total. The molecular weight excluding hydrogens is 351 g/mol. The first-order chi connectivity index (χ1) is 12.2. The molecule has 8 heteroatoms. The van der Waals surface area contributed by atoms with Crippen molar-refractivity contribution in [3.63, 3.8) is 0 Å². The molecule has 0 spiro atoms. The summed E-state index contributed by atoms with van der Waals surface area (Å²) in [5.41, 5.74) is -1.14. The van der Waals surface area contributed by atoms with E-state index in [1.807, 2.05) is 0 Å². The zero-order valence-electron chi connectivity index (χ0n) is 13.1. The fraction of sp³-hybridized carbons (Fsp3) is 0.111. The van der Waals surface area contributed by atoms with Gasteiger partial charge >= 0.3 is 11.8 Å². The van der Waals surface area contributed by atoms with Crippen LogP contribution < -0.4 is 10.9 Å². The lowest BCUT2D eigenvalue weighted by Gasteiger charge is -2.10. The molecule has 0 aliphatic carbocycles. The van der Waals surface area contributed by atoms with Crippen LogP contribution in [0.15, 0.2) is 57.7 Å². The first-order valence-corrected chi connectivity index (χ1v) is 7.45. The van der Waals surface area contributed by atoms with Gasteiger partial charge in [-0.05, 0) is 35.9 Å². The maximum absolute atomic E-state index is 12.7. The van der Waals surface area contributed by atoms with Crippen molar-refractivity contribution in [2.45, 2.75) is 12.6 Å². The highest BCUT2D eigenvalue weighted by Gasteiger charge is 2.30. The van der Waals surface area contributed by atoms with Crippen LogP contribution in [-0.2, 0) is 17.4 Å². The molecule has 0 atom stereocenters. The molecule has 3 rings (SSSR count). The van der Waals surface area contributed by atoms with Crippen LogP contribution in [0.5, 0.6) is 5.75 Å². The molecule has 0 radical (unpaired) electrons. The average molecular weight is 363 g/mol. The summed E-state index contributed by atoms with van der Waals surface area (Å²) in [6.45, 7) is 0. The van der Waals surface area contributed by atoms with E-state index in [4.69, 9.17) is 4.42 Å². The van der Waals surface area contributed by atoms with Crippen LogP contribution in [0.2, 0.25) is 0 Å². The second-order valence-electron chi connectivity index (χ2n) is 5.57. The number of phenols is 1. The predicted octanol–water partition coefficient (Wildman–Crippen LogP) is 3.70. The van der Waals surface area contributed by atoms with Crippen molar-refractivity contribution < 1.29 is 27.5 Å². The van der Waals surface area contributed by atoms with E-state index in [-0.39, 0.29) is 23.4 Å². The Bertz CT molecular complexity index is 1040. The Kier molecular flexibility index (Phi) is 4.41. The molecule has 0 saturated carbocycles. The minimum atomic E-state index is -4.52. The molecule has 0 fully saturated rings. The molecule has 2 aromatic carbocycles. The summed E-state index contributed by atoms with van der Waals surface area (Å²) in [5.74, 6) is -0.699. The van der Waals surface area contributed by atoms with E-state index in [1.165, 1.54) is 30.3 Å². The summed E-state index contributed by atoms with van der Waals surface area (Å²) in [6.07, 6.45) is -4.76. The van der Waals surface area contributed by atoms with Gasteiger partial charge in [0.05, 0.1) is 12.0 Å². The van der Waals surface area contributed by atoms with Gasteiger partial charge < -0.3 is 14.8 Å². The third-order valence-corrected chi connectivity index (χ3v) is 3.64. The molecular formula is C18H12F3NO4. The van der Waals surface area contributed by atoms with E-state index in [9.17, 15) is 27.9 Å². The highest BCUT2D eigenvalue weighted by atomic mass is 19.4. The van der Waals surface area contributed by atoms with Crippen molar-refractivity contribution in [1.82, 2.24) is 0 Å². The van der Waals surface area contributed by atoms with Gasteiger partial charge in [-0.15, -0.1) is 0 Å². The summed E-state index contributed by atoms with van der Waals surface area (Å²) in [4.78, 5) is 23.8. The lowest BCUT2D eigenvalue weighted by Crippen LogP contribution is -2.16. The molecule has 0 bridgehead atoms. The van der Waals surface area contributed by atoms with Crippen LogP contribution >= 0.6 is 0 Å². The first kappa shape index (κ1) is 17.5. The maximum atomic E-state index is 12.7. The molecule has 26 heavy (non-hydrogen) atoms. The normalized spacial score (nSPS) is 11.5. The summed E-state index contributed by atoms with van der Waals surface area (Å²) in [6, 6.07) is 9.48. The Labute approximate surface area is 144 Å². The molecule has 3 aromatic rings. The average Bonchev–Trinajstić information content (AvgIpc) is 2.53. The summed E-state index contributed by atoms with van der Waals surface area (Å²) in [7, 11) is 0. The number of fused-ring (bicyclic) bond motifs is 1. The number of nitrogens with one attached hydrogen (secondary N) is 1. The van der Waals surface area contributed by atoms with E-state index >= 15 is 0 Å². The number of aromatic hydroxyl groups is 1. The number of anilines is 1. The largest absolute Gasteiger partial charge is 0.508 e. The third-order valence-electron chi connectivity index (χ3n) is 3.64. The molecule has 0 unspecified atom stereocenters. The molecule has 0 saturated heterocycles. The Balaban J connectivity index is 1.85. The highest BCUT2D eigenvalue weighted by Crippen LogP contribution is 2.30. The fourth-order valence-corrected chi connectivity index (χ4v) is 2.52. The number of carbonyl (C=O) groups is 1. The first-order valence-electron chi connectivity index (χ1n) is 7.45. The Morgan fingerprint density at radius 3 is 2.62 bits per heavy atom. The van der Waals surface area contributed by atoms with Crippen LogP contribution in [0.1, 0.15) is 11.1 Å². The molecule has 0 aliphatic heterocycles. The van der Waals surface area contributed by atoms with Crippen LogP contribution in [0.25, 0.3) is 11.0 Å². The standard InChI is InChI=1S/C18H12F3NO4/c19-18(20,21)11-2-1-3-12(8-11)22-16(24)6-10-7-17(25)26-15-9-13(23)4-5-14(10)15/h1-5,7-9,23H,6H2,(H,22,24).